The van der Waals surface area contributed by atoms with Gasteiger partial charge in [-0.15, -0.1) is 0 Å². The highest BCUT2D eigenvalue weighted by molar-refractivity contribution is 5.80. The van der Waals surface area contributed by atoms with Crippen molar-refractivity contribution in [2.45, 2.75) is 46.6 Å². The monoisotopic (exact) mass is 216 g/mol. The normalized spacial score (nSPS) is 17.7. The van der Waals surface area contributed by atoms with Crippen LogP contribution in [0.2, 0.25) is 0 Å². The second kappa shape index (κ2) is 5.50. The maximum absolute atomic E-state index is 11.7. The standard InChI is InChI=1S/C12H24O3/c1-7-10(8(2)3)12(14,9(4)5)11(13)15-6/h8-10,14H,7H2,1-6H3. The number of aliphatic hydroxyl groups is 1. The first kappa shape index (κ1) is 14.4. The van der Waals surface area contributed by atoms with Crippen molar-refractivity contribution in [2.24, 2.45) is 17.8 Å². The van der Waals surface area contributed by atoms with Gasteiger partial charge in [-0.05, 0) is 18.3 Å². The molecule has 0 fully saturated rings. The summed E-state index contributed by atoms with van der Waals surface area (Å²) in [6, 6.07) is 0. The number of rotatable bonds is 5. The smallest absolute Gasteiger partial charge is 0.338 e. The third-order valence-corrected chi connectivity index (χ3v) is 3.20. The van der Waals surface area contributed by atoms with Crippen molar-refractivity contribution < 1.29 is 14.6 Å². The van der Waals surface area contributed by atoms with E-state index in [4.69, 9.17) is 4.74 Å². The molecule has 0 aromatic carbocycles. The van der Waals surface area contributed by atoms with Gasteiger partial charge in [0.1, 0.15) is 0 Å². The summed E-state index contributed by atoms with van der Waals surface area (Å²) in [6.07, 6.45) is 0.765. The van der Waals surface area contributed by atoms with E-state index in [0.29, 0.717) is 0 Å². The topological polar surface area (TPSA) is 46.5 Å². The van der Waals surface area contributed by atoms with Crippen LogP contribution in [0.1, 0.15) is 41.0 Å². The second-order valence-corrected chi connectivity index (χ2v) is 4.73. The summed E-state index contributed by atoms with van der Waals surface area (Å²) < 4.78 is 4.72. The van der Waals surface area contributed by atoms with Crippen molar-refractivity contribution in [1.29, 1.82) is 0 Å². The van der Waals surface area contributed by atoms with Gasteiger partial charge in [0, 0.05) is 5.92 Å². The molecule has 0 aliphatic carbocycles. The molecule has 0 aliphatic heterocycles. The molecule has 0 saturated heterocycles. The Balaban J connectivity index is 5.16. The van der Waals surface area contributed by atoms with Crippen molar-refractivity contribution in [3.8, 4) is 0 Å². The molecule has 0 rings (SSSR count). The summed E-state index contributed by atoms with van der Waals surface area (Å²) in [6.45, 7) is 9.72. The van der Waals surface area contributed by atoms with Gasteiger partial charge in [0.25, 0.3) is 0 Å². The van der Waals surface area contributed by atoms with Crippen LogP contribution < -0.4 is 0 Å². The Labute approximate surface area is 92.8 Å². The Morgan fingerprint density at radius 2 is 1.80 bits per heavy atom. The van der Waals surface area contributed by atoms with Crippen LogP contribution in [0.25, 0.3) is 0 Å². The van der Waals surface area contributed by atoms with E-state index in [1.54, 1.807) is 0 Å². The van der Waals surface area contributed by atoms with Crippen LogP contribution in [0.5, 0.6) is 0 Å². The fraction of sp³-hybridized carbons (Fsp3) is 0.917. The molecule has 0 aromatic heterocycles. The van der Waals surface area contributed by atoms with Crippen LogP contribution in [0.3, 0.4) is 0 Å². The van der Waals surface area contributed by atoms with Gasteiger partial charge < -0.3 is 9.84 Å². The lowest BCUT2D eigenvalue weighted by Crippen LogP contribution is -2.52. The van der Waals surface area contributed by atoms with Crippen LogP contribution in [-0.2, 0) is 9.53 Å². The molecule has 3 nitrogen and oxygen atoms in total. The van der Waals surface area contributed by atoms with Crippen LogP contribution in [0.15, 0.2) is 0 Å². The molecular weight excluding hydrogens is 192 g/mol. The van der Waals surface area contributed by atoms with Gasteiger partial charge in [-0.3, -0.25) is 0 Å². The minimum atomic E-state index is -1.36. The van der Waals surface area contributed by atoms with E-state index in [0.717, 1.165) is 6.42 Å². The summed E-state index contributed by atoms with van der Waals surface area (Å²) in [4.78, 5) is 11.7. The van der Waals surface area contributed by atoms with Gasteiger partial charge in [-0.1, -0.05) is 34.6 Å². The van der Waals surface area contributed by atoms with Crippen molar-refractivity contribution in [2.75, 3.05) is 7.11 Å². The fourth-order valence-electron chi connectivity index (χ4n) is 2.27. The highest BCUT2D eigenvalue weighted by Gasteiger charge is 2.47. The molecule has 1 N–H and O–H groups in total. The van der Waals surface area contributed by atoms with Crippen molar-refractivity contribution in [3.63, 3.8) is 0 Å². The highest BCUT2D eigenvalue weighted by Crippen LogP contribution is 2.35. The van der Waals surface area contributed by atoms with E-state index in [1.165, 1.54) is 7.11 Å². The molecule has 2 unspecified atom stereocenters. The Bertz CT molecular complexity index is 211. The molecule has 0 spiro atoms. The molecule has 0 saturated carbocycles. The van der Waals surface area contributed by atoms with Crippen LogP contribution in [0, 0.1) is 17.8 Å². The lowest BCUT2D eigenvalue weighted by atomic mass is 9.72. The minimum absolute atomic E-state index is 0.0649. The molecule has 0 radical (unpaired) electrons. The highest BCUT2D eigenvalue weighted by atomic mass is 16.5. The van der Waals surface area contributed by atoms with E-state index in [9.17, 15) is 9.90 Å². The average molecular weight is 216 g/mol. The maximum atomic E-state index is 11.7. The maximum Gasteiger partial charge on any atom is 0.338 e. The summed E-state index contributed by atoms with van der Waals surface area (Å²) in [7, 11) is 1.32. The predicted molar refractivity (Wildman–Crippen MR) is 60.4 cm³/mol. The predicted octanol–water partition coefficient (Wildman–Crippen LogP) is 2.23. The SMILES string of the molecule is CCC(C(C)C)C(O)(C(=O)OC)C(C)C. The average Bonchev–Trinajstić information content (AvgIpc) is 2.16. The van der Waals surface area contributed by atoms with E-state index >= 15 is 0 Å². The van der Waals surface area contributed by atoms with Gasteiger partial charge >= 0.3 is 5.97 Å². The summed E-state index contributed by atoms with van der Waals surface area (Å²) in [5.74, 6) is -0.471. The second-order valence-electron chi connectivity index (χ2n) is 4.73. The number of hydrogen-bond acceptors (Lipinski definition) is 3. The molecular formula is C12H24O3. The van der Waals surface area contributed by atoms with Gasteiger partial charge in [-0.25, -0.2) is 4.79 Å². The summed E-state index contributed by atoms with van der Waals surface area (Å²) in [5, 5.41) is 10.5. The minimum Gasteiger partial charge on any atom is -0.467 e. The van der Waals surface area contributed by atoms with Gasteiger partial charge in [0.05, 0.1) is 7.11 Å². The van der Waals surface area contributed by atoms with Gasteiger partial charge in [-0.2, -0.15) is 0 Å². The van der Waals surface area contributed by atoms with Crippen LogP contribution in [-0.4, -0.2) is 23.8 Å². The van der Waals surface area contributed by atoms with Gasteiger partial charge in [0.15, 0.2) is 5.60 Å². The zero-order valence-corrected chi connectivity index (χ0v) is 10.7. The molecule has 90 valence electrons. The molecule has 0 heterocycles. The number of carbonyl (C=O) groups is 1. The van der Waals surface area contributed by atoms with E-state index in [1.807, 2.05) is 34.6 Å². The van der Waals surface area contributed by atoms with E-state index in [2.05, 4.69) is 0 Å². The van der Waals surface area contributed by atoms with Crippen molar-refractivity contribution in [3.05, 3.63) is 0 Å². The zero-order valence-electron chi connectivity index (χ0n) is 10.7. The molecule has 0 amide bonds. The largest absolute Gasteiger partial charge is 0.467 e. The first-order chi connectivity index (χ1) is 6.82. The number of esters is 1. The van der Waals surface area contributed by atoms with Gasteiger partial charge in [0.2, 0.25) is 0 Å². The van der Waals surface area contributed by atoms with Crippen LogP contribution in [0.4, 0.5) is 0 Å². The first-order valence-corrected chi connectivity index (χ1v) is 5.63. The Kier molecular flexibility index (Phi) is 5.29. The Morgan fingerprint density at radius 1 is 1.33 bits per heavy atom. The molecule has 15 heavy (non-hydrogen) atoms. The lowest BCUT2D eigenvalue weighted by molar-refractivity contribution is -0.178. The van der Waals surface area contributed by atoms with Crippen molar-refractivity contribution in [1.82, 2.24) is 0 Å². The zero-order chi connectivity index (χ0) is 12.2. The van der Waals surface area contributed by atoms with E-state index in [-0.39, 0.29) is 17.8 Å². The quantitative estimate of drug-likeness (QED) is 0.717. The Hall–Kier alpha value is -0.570. The molecule has 2 atom stereocenters. The summed E-state index contributed by atoms with van der Waals surface area (Å²) >= 11 is 0. The summed E-state index contributed by atoms with van der Waals surface area (Å²) in [5.41, 5.74) is -1.36. The number of hydrogen-bond donors (Lipinski definition) is 1. The third kappa shape index (κ3) is 2.71. The lowest BCUT2D eigenvalue weighted by Gasteiger charge is -2.38. The number of methoxy groups -OCH3 is 1. The fourth-order valence-corrected chi connectivity index (χ4v) is 2.27. The molecule has 0 bridgehead atoms. The third-order valence-electron chi connectivity index (χ3n) is 3.20. The van der Waals surface area contributed by atoms with E-state index < -0.39 is 11.6 Å². The molecule has 0 aromatic rings. The Morgan fingerprint density at radius 3 is 2.00 bits per heavy atom. The number of carbonyl (C=O) groups excluding carboxylic acids is 1. The number of ether oxygens (including phenoxy) is 1. The first-order valence-electron chi connectivity index (χ1n) is 5.63. The molecule has 3 heteroatoms. The van der Waals surface area contributed by atoms with Crippen molar-refractivity contribution >= 4 is 5.97 Å². The van der Waals surface area contributed by atoms with Crippen LogP contribution >= 0.6 is 0 Å². The molecule has 0 aliphatic rings.